The molecule has 76 valence electrons. The van der Waals surface area contributed by atoms with Crippen LogP contribution in [0.15, 0.2) is 0 Å². The van der Waals surface area contributed by atoms with E-state index in [1.165, 1.54) is 0 Å². The molecule has 14 heavy (non-hydrogen) atoms. The summed E-state index contributed by atoms with van der Waals surface area (Å²) in [5.41, 5.74) is -0.774. The molecule has 0 radical (unpaired) electrons. The van der Waals surface area contributed by atoms with E-state index >= 15 is 0 Å². The minimum atomic E-state index is -1.78. The lowest BCUT2D eigenvalue weighted by molar-refractivity contribution is 0.482. The molecule has 1 aliphatic heterocycles. The normalized spacial score (nSPS) is 27.3. The van der Waals surface area contributed by atoms with E-state index in [4.69, 9.17) is 15.9 Å². The Morgan fingerprint density at radius 1 is 1.29 bits per heavy atom. The van der Waals surface area contributed by atoms with Crippen molar-refractivity contribution >= 4 is 16.6 Å². The fourth-order valence-corrected chi connectivity index (χ4v) is 12.7. The summed E-state index contributed by atoms with van der Waals surface area (Å²) in [4.78, 5) is 3.57. The summed E-state index contributed by atoms with van der Waals surface area (Å²) < 4.78 is 6.10. The Bertz CT molecular complexity index is 293. The molecule has 1 aliphatic rings. The number of nitrogens with zero attached hydrogens (tertiary/aromatic N) is 2. The quantitative estimate of drug-likeness (QED) is 0.468. The number of hydrogen-bond acceptors (Lipinski definition) is 2. The molecule has 0 aromatic rings. The molecule has 0 atom stereocenters. The molecule has 0 aromatic carbocycles. The van der Waals surface area contributed by atoms with Gasteiger partial charge in [-0.05, 0) is 26.2 Å². The molecule has 0 aliphatic carbocycles. The van der Waals surface area contributed by atoms with Gasteiger partial charge in [-0.3, -0.25) is 4.85 Å². The molecule has 0 aromatic heterocycles. The summed E-state index contributed by atoms with van der Waals surface area (Å²) in [6.07, 6.45) is 0. The van der Waals surface area contributed by atoms with Gasteiger partial charge in [-0.2, -0.15) is 5.26 Å². The zero-order valence-electron chi connectivity index (χ0n) is 9.22. The minimum absolute atomic E-state index is 0.663. The van der Waals surface area contributed by atoms with Crippen molar-refractivity contribution in [2.24, 2.45) is 0 Å². The highest BCUT2D eigenvalue weighted by atomic mass is 28.4. The van der Waals surface area contributed by atoms with Crippen molar-refractivity contribution in [2.75, 3.05) is 0 Å². The molecule has 5 heteroatoms. The Hall–Kier alpha value is -0.626. The lowest BCUT2D eigenvalue weighted by Gasteiger charge is -2.41. The van der Waals surface area contributed by atoms with Gasteiger partial charge < -0.3 is 4.12 Å². The summed E-state index contributed by atoms with van der Waals surface area (Å²) >= 11 is 0. The Balaban J connectivity index is 3.05. The van der Waals surface area contributed by atoms with E-state index in [1.54, 1.807) is 0 Å². The second-order valence-electron chi connectivity index (χ2n) is 5.23. The van der Waals surface area contributed by atoms with Gasteiger partial charge in [-0.1, -0.05) is 0 Å². The molecular weight excluding hydrogens is 208 g/mol. The van der Waals surface area contributed by atoms with Crippen molar-refractivity contribution in [3.05, 3.63) is 11.4 Å². The average molecular weight is 224 g/mol. The third kappa shape index (κ3) is 2.24. The van der Waals surface area contributed by atoms with E-state index in [0.717, 1.165) is 0 Å². The first kappa shape index (κ1) is 11.4. The second-order valence-corrected chi connectivity index (χ2v) is 13.8. The Kier molecular flexibility index (Phi) is 2.61. The minimum Gasteiger partial charge on any atom is -0.455 e. The van der Waals surface area contributed by atoms with Crippen molar-refractivity contribution in [1.82, 2.24) is 0 Å². The zero-order valence-corrected chi connectivity index (χ0v) is 11.2. The van der Waals surface area contributed by atoms with Gasteiger partial charge in [0.1, 0.15) is 0 Å². The van der Waals surface area contributed by atoms with E-state index in [0.29, 0.717) is 12.1 Å². The lowest BCUT2D eigenvalue weighted by atomic mass is 10.1. The van der Waals surface area contributed by atoms with Gasteiger partial charge in [0.25, 0.3) is 0 Å². The fraction of sp³-hybridized carbons (Fsp3) is 0.778. The van der Waals surface area contributed by atoms with Crippen LogP contribution in [0.2, 0.25) is 38.3 Å². The predicted molar refractivity (Wildman–Crippen MR) is 60.6 cm³/mol. The van der Waals surface area contributed by atoms with Crippen molar-refractivity contribution in [2.45, 2.75) is 43.8 Å². The summed E-state index contributed by atoms with van der Waals surface area (Å²) in [5, 5.41) is 9.13. The van der Waals surface area contributed by atoms with E-state index in [2.05, 4.69) is 37.1 Å². The molecule has 0 saturated carbocycles. The molecule has 0 N–H and O–H groups in total. The van der Waals surface area contributed by atoms with Crippen molar-refractivity contribution in [3.8, 4) is 6.07 Å². The third-order valence-electron chi connectivity index (χ3n) is 2.41. The van der Waals surface area contributed by atoms with E-state index in [-0.39, 0.29) is 0 Å². The largest absolute Gasteiger partial charge is 0.455 e. The summed E-state index contributed by atoms with van der Waals surface area (Å²) in [6.45, 7) is 15.6. The monoisotopic (exact) mass is 224 g/mol. The van der Waals surface area contributed by atoms with E-state index in [9.17, 15) is 0 Å². The Morgan fingerprint density at radius 2 is 1.71 bits per heavy atom. The first-order valence-electron chi connectivity index (χ1n) is 4.74. The first-order chi connectivity index (χ1) is 6.24. The highest BCUT2D eigenvalue weighted by Gasteiger charge is 2.55. The molecule has 1 heterocycles. The van der Waals surface area contributed by atoms with Crippen LogP contribution >= 0.6 is 0 Å². The topological polar surface area (TPSA) is 37.4 Å². The SMILES string of the molecule is [C-]#[N+]C1(C#N)C[Si](C)(C)O[Si](C)(C)C1. The standard InChI is InChI=1S/C9H16N2OSi2/c1-11-9(6-10)7-13(2,3)12-14(4,5)8-9/h7-8H2,2-5H3. The molecule has 0 amide bonds. The van der Waals surface area contributed by atoms with Crippen molar-refractivity contribution in [3.63, 3.8) is 0 Å². The molecule has 1 rings (SSSR count). The second kappa shape index (κ2) is 3.20. The highest BCUT2D eigenvalue weighted by molar-refractivity contribution is 6.86. The van der Waals surface area contributed by atoms with Crippen LogP contribution in [0.4, 0.5) is 0 Å². The van der Waals surface area contributed by atoms with Crippen LogP contribution in [0.5, 0.6) is 0 Å². The van der Waals surface area contributed by atoms with Gasteiger partial charge in [0.05, 0.1) is 12.1 Å². The van der Waals surface area contributed by atoms with Crippen LogP contribution < -0.4 is 0 Å². The molecular formula is C9H16N2OSi2. The molecule has 1 fully saturated rings. The third-order valence-corrected chi connectivity index (χ3v) is 9.70. The Labute approximate surface area is 87.8 Å². The van der Waals surface area contributed by atoms with Gasteiger partial charge in [0, 0.05) is 0 Å². The van der Waals surface area contributed by atoms with Crippen LogP contribution in [0.1, 0.15) is 0 Å². The van der Waals surface area contributed by atoms with Gasteiger partial charge in [0.2, 0.25) is 0 Å². The maximum Gasteiger partial charge on any atom is 0.315 e. The number of hydrogen-bond donors (Lipinski definition) is 0. The Morgan fingerprint density at radius 3 is 2.00 bits per heavy atom. The predicted octanol–water partition coefficient (Wildman–Crippen LogP) is 2.61. The van der Waals surface area contributed by atoms with E-state index in [1.807, 2.05) is 0 Å². The van der Waals surface area contributed by atoms with Gasteiger partial charge >= 0.3 is 5.54 Å². The lowest BCUT2D eigenvalue weighted by Crippen LogP contribution is -2.56. The van der Waals surface area contributed by atoms with Crippen LogP contribution in [0.25, 0.3) is 4.85 Å². The summed E-state index contributed by atoms with van der Waals surface area (Å²) in [5.74, 6) is 0. The van der Waals surface area contributed by atoms with Crippen molar-refractivity contribution < 1.29 is 4.12 Å². The maximum absolute atomic E-state index is 9.13. The number of rotatable bonds is 0. The van der Waals surface area contributed by atoms with Crippen LogP contribution in [-0.4, -0.2) is 22.2 Å². The van der Waals surface area contributed by atoms with Crippen LogP contribution in [-0.2, 0) is 4.12 Å². The highest BCUT2D eigenvalue weighted by Crippen LogP contribution is 2.40. The molecule has 0 spiro atoms. The number of nitriles is 1. The maximum atomic E-state index is 9.13. The van der Waals surface area contributed by atoms with Crippen LogP contribution in [0.3, 0.4) is 0 Å². The molecule has 1 saturated heterocycles. The summed E-state index contributed by atoms with van der Waals surface area (Å²) in [6, 6.07) is 3.54. The summed E-state index contributed by atoms with van der Waals surface area (Å²) in [7, 11) is -3.56. The van der Waals surface area contributed by atoms with Gasteiger partial charge in [-0.15, -0.1) is 0 Å². The first-order valence-corrected chi connectivity index (χ1v) is 11.0. The molecule has 0 unspecified atom stereocenters. The average Bonchev–Trinajstić information content (AvgIpc) is 1.98. The van der Waals surface area contributed by atoms with Gasteiger partial charge in [0.15, 0.2) is 22.7 Å². The smallest absolute Gasteiger partial charge is 0.315 e. The molecule has 3 nitrogen and oxygen atoms in total. The zero-order chi connectivity index (χ0) is 11.0. The van der Waals surface area contributed by atoms with Crippen LogP contribution in [0, 0.1) is 17.9 Å². The van der Waals surface area contributed by atoms with E-state index < -0.39 is 22.2 Å². The fourth-order valence-electron chi connectivity index (χ4n) is 2.47. The molecule has 0 bridgehead atoms. The van der Waals surface area contributed by atoms with Crippen molar-refractivity contribution in [1.29, 1.82) is 5.26 Å². The van der Waals surface area contributed by atoms with Gasteiger partial charge in [-0.25, -0.2) is 6.57 Å².